The van der Waals surface area contributed by atoms with Gasteiger partial charge in [0.2, 0.25) is 11.1 Å². The Morgan fingerprint density at radius 1 is 1.11 bits per heavy atom. The van der Waals surface area contributed by atoms with Gasteiger partial charge in [-0.2, -0.15) is 9.61 Å². The zero-order valence-corrected chi connectivity index (χ0v) is 22.4. The molecule has 1 saturated heterocycles. The van der Waals surface area contributed by atoms with E-state index in [4.69, 9.17) is 5.10 Å². The molecule has 3 aromatic heterocycles. The monoisotopic (exact) mass is 522 g/mol. The zero-order valence-electron chi connectivity index (χ0n) is 20.8. The molecular formula is C25H30N8OS2. The number of carbonyl (C=O) groups is 1. The number of hydrogen-bond donors (Lipinski definition) is 1. The summed E-state index contributed by atoms with van der Waals surface area (Å²) in [7, 11) is 0. The highest BCUT2D eigenvalue weighted by Crippen LogP contribution is 2.39. The Bertz CT molecular complexity index is 1410. The Balaban J connectivity index is 1.10. The molecule has 2 fully saturated rings. The molecule has 4 aromatic rings. The number of hydrogen-bond acceptors (Lipinski definition) is 9. The highest BCUT2D eigenvalue weighted by molar-refractivity contribution is 7.99. The number of rotatable bonds is 6. The second-order valence-corrected chi connectivity index (χ2v) is 12.6. The van der Waals surface area contributed by atoms with Crippen LogP contribution < -0.4 is 5.32 Å². The first-order valence-electron chi connectivity index (χ1n) is 12.4. The predicted octanol–water partition coefficient (Wildman–Crippen LogP) is 4.12. The summed E-state index contributed by atoms with van der Waals surface area (Å²) in [5.74, 6) is 0.560. The van der Waals surface area contributed by atoms with E-state index in [1.807, 2.05) is 22.7 Å². The number of thiazole rings is 1. The lowest BCUT2D eigenvalue weighted by Crippen LogP contribution is -2.54. The Labute approximate surface area is 218 Å². The molecule has 1 aliphatic carbocycles. The molecule has 0 atom stereocenters. The summed E-state index contributed by atoms with van der Waals surface area (Å²) in [6.07, 6.45) is 2.41. The summed E-state index contributed by atoms with van der Waals surface area (Å²) in [6.45, 7) is 10.9. The molecule has 36 heavy (non-hydrogen) atoms. The summed E-state index contributed by atoms with van der Waals surface area (Å²) in [4.78, 5) is 23.0. The van der Waals surface area contributed by atoms with Gasteiger partial charge in [-0.1, -0.05) is 11.3 Å². The number of nitrogens with one attached hydrogen (secondary N) is 1. The van der Waals surface area contributed by atoms with Crippen LogP contribution in [0.4, 0.5) is 5.13 Å². The number of nitrogens with zero attached hydrogens (tertiary/aromatic N) is 7. The van der Waals surface area contributed by atoms with Crippen LogP contribution in [-0.4, -0.2) is 78.8 Å². The maximum Gasteiger partial charge on any atom is 0.240 e. The van der Waals surface area contributed by atoms with Crippen molar-refractivity contribution in [2.75, 3.05) is 38.0 Å². The van der Waals surface area contributed by atoms with Gasteiger partial charge in [0.15, 0.2) is 10.8 Å². The van der Waals surface area contributed by atoms with Gasteiger partial charge < -0.3 is 5.32 Å². The number of anilines is 1. The van der Waals surface area contributed by atoms with Crippen LogP contribution >= 0.6 is 23.1 Å². The van der Waals surface area contributed by atoms with Gasteiger partial charge in [-0.3, -0.25) is 14.6 Å². The molecular weight excluding hydrogens is 492 g/mol. The molecule has 2 aliphatic rings. The van der Waals surface area contributed by atoms with Crippen molar-refractivity contribution in [2.24, 2.45) is 0 Å². The first kappa shape index (κ1) is 23.8. The number of amides is 1. The SMILES string of the molecule is CC(C)(C)N1CCN(CC(=O)Nc2nc3ccc(Sc4nnc5ccc(C6CC6)nn45)cc3s2)CC1. The van der Waals surface area contributed by atoms with E-state index in [-0.39, 0.29) is 11.4 Å². The molecule has 1 N–H and O–H groups in total. The average molecular weight is 523 g/mol. The lowest BCUT2D eigenvalue weighted by atomic mass is 10.1. The molecule has 1 aromatic carbocycles. The van der Waals surface area contributed by atoms with Crippen LogP contribution in [0.3, 0.4) is 0 Å². The molecule has 6 rings (SSSR count). The highest BCUT2D eigenvalue weighted by Gasteiger charge is 2.27. The third-order valence-corrected chi connectivity index (χ3v) is 8.61. The largest absolute Gasteiger partial charge is 0.301 e. The van der Waals surface area contributed by atoms with Crippen molar-refractivity contribution in [2.45, 2.75) is 55.1 Å². The van der Waals surface area contributed by atoms with Crippen molar-refractivity contribution >= 4 is 50.0 Å². The third kappa shape index (κ3) is 5.10. The van der Waals surface area contributed by atoms with Gasteiger partial charge in [-0.25, -0.2) is 4.98 Å². The van der Waals surface area contributed by atoms with Gasteiger partial charge in [-0.05, 0) is 75.7 Å². The minimum absolute atomic E-state index is 0.0136. The summed E-state index contributed by atoms with van der Waals surface area (Å²) in [5, 5.41) is 17.8. The summed E-state index contributed by atoms with van der Waals surface area (Å²) < 4.78 is 2.86. The fourth-order valence-electron chi connectivity index (χ4n) is 4.51. The van der Waals surface area contributed by atoms with Crippen LogP contribution in [0.5, 0.6) is 0 Å². The lowest BCUT2D eigenvalue weighted by Gasteiger charge is -2.42. The van der Waals surface area contributed by atoms with Crippen molar-refractivity contribution in [3.05, 3.63) is 36.0 Å². The van der Waals surface area contributed by atoms with Crippen molar-refractivity contribution in [1.29, 1.82) is 0 Å². The van der Waals surface area contributed by atoms with Gasteiger partial charge in [0, 0.05) is 42.5 Å². The molecule has 0 unspecified atom stereocenters. The maximum absolute atomic E-state index is 12.7. The van der Waals surface area contributed by atoms with Crippen molar-refractivity contribution in [3.8, 4) is 0 Å². The number of piperazine rings is 1. The quantitative estimate of drug-likeness (QED) is 0.404. The van der Waals surface area contributed by atoms with Gasteiger partial charge >= 0.3 is 0 Å². The number of carbonyl (C=O) groups excluding carboxylic acids is 1. The number of aromatic nitrogens is 5. The topological polar surface area (TPSA) is 91.5 Å². The van der Waals surface area contributed by atoms with Crippen LogP contribution in [0, 0.1) is 0 Å². The third-order valence-electron chi connectivity index (χ3n) is 6.75. The first-order valence-corrected chi connectivity index (χ1v) is 14.0. The first-order chi connectivity index (χ1) is 17.3. The Morgan fingerprint density at radius 2 is 1.92 bits per heavy atom. The van der Waals surface area contributed by atoms with E-state index in [0.717, 1.165) is 57.8 Å². The molecule has 11 heteroatoms. The normalized spacial score (nSPS) is 17.8. The second-order valence-electron chi connectivity index (χ2n) is 10.5. The molecule has 0 radical (unpaired) electrons. The molecule has 188 valence electrons. The van der Waals surface area contributed by atoms with Gasteiger partial charge in [0.25, 0.3) is 0 Å². The Kier molecular flexibility index (Phi) is 6.19. The molecule has 0 bridgehead atoms. The standard InChI is InChI=1S/C25H30N8OS2/c1-25(2,3)32-12-10-31(11-13-32)15-22(34)27-23-26-19-7-6-17(14-20(19)36-23)35-24-29-28-21-9-8-18(16-4-5-16)30-33(21)24/h6-9,14,16H,4-5,10-13,15H2,1-3H3,(H,26,27,34). The molecule has 4 heterocycles. The van der Waals surface area contributed by atoms with E-state index in [9.17, 15) is 4.79 Å². The smallest absolute Gasteiger partial charge is 0.240 e. The molecule has 9 nitrogen and oxygen atoms in total. The van der Waals surface area contributed by atoms with Gasteiger partial charge in [-0.15, -0.1) is 10.2 Å². The van der Waals surface area contributed by atoms with E-state index in [0.29, 0.717) is 17.6 Å². The van der Waals surface area contributed by atoms with Crippen LogP contribution in [0.1, 0.15) is 45.2 Å². The highest BCUT2D eigenvalue weighted by atomic mass is 32.2. The van der Waals surface area contributed by atoms with Crippen LogP contribution in [0.15, 0.2) is 40.4 Å². The van der Waals surface area contributed by atoms with E-state index < -0.39 is 0 Å². The summed E-state index contributed by atoms with van der Waals surface area (Å²) in [5.41, 5.74) is 2.91. The fourth-order valence-corrected chi connectivity index (χ4v) is 6.33. The predicted molar refractivity (Wildman–Crippen MR) is 143 cm³/mol. The van der Waals surface area contributed by atoms with Crippen molar-refractivity contribution < 1.29 is 4.79 Å². The van der Waals surface area contributed by atoms with Gasteiger partial charge in [0.1, 0.15) is 0 Å². The minimum atomic E-state index is -0.0136. The minimum Gasteiger partial charge on any atom is -0.301 e. The zero-order chi connectivity index (χ0) is 24.9. The van der Waals surface area contributed by atoms with Crippen LogP contribution in [0.25, 0.3) is 15.9 Å². The van der Waals surface area contributed by atoms with E-state index >= 15 is 0 Å². The number of fused-ring (bicyclic) bond motifs is 2. The lowest BCUT2D eigenvalue weighted by molar-refractivity contribution is -0.117. The Morgan fingerprint density at radius 3 is 2.67 bits per heavy atom. The summed E-state index contributed by atoms with van der Waals surface area (Å²) >= 11 is 3.03. The molecule has 0 spiro atoms. The van der Waals surface area contributed by atoms with E-state index in [1.54, 1.807) is 0 Å². The van der Waals surface area contributed by atoms with Gasteiger partial charge in [0.05, 0.1) is 22.5 Å². The number of benzene rings is 1. The van der Waals surface area contributed by atoms with E-state index in [1.165, 1.54) is 35.9 Å². The Hall–Kier alpha value is -2.60. The maximum atomic E-state index is 12.7. The van der Waals surface area contributed by atoms with Crippen LogP contribution in [-0.2, 0) is 4.79 Å². The summed E-state index contributed by atoms with van der Waals surface area (Å²) in [6, 6.07) is 10.1. The fraction of sp³-hybridized carbons (Fsp3) is 0.480. The van der Waals surface area contributed by atoms with Crippen molar-refractivity contribution in [3.63, 3.8) is 0 Å². The average Bonchev–Trinajstić information content (AvgIpc) is 3.51. The molecule has 1 aliphatic heterocycles. The van der Waals surface area contributed by atoms with Crippen LogP contribution in [0.2, 0.25) is 0 Å². The molecule has 1 amide bonds. The second kappa shape index (κ2) is 9.37. The van der Waals surface area contributed by atoms with Crippen molar-refractivity contribution in [1.82, 2.24) is 34.6 Å². The van der Waals surface area contributed by atoms with E-state index in [2.05, 4.69) is 63.2 Å². The molecule has 1 saturated carbocycles.